The van der Waals surface area contributed by atoms with E-state index in [4.69, 9.17) is 51.6 Å². The largest absolute Gasteiger partial charge is 0.493 e. The number of nitrogens with zero attached hydrogens (tertiary/aromatic N) is 2. The van der Waals surface area contributed by atoms with Gasteiger partial charge in [0.05, 0.1) is 59.5 Å². The second-order valence-corrected chi connectivity index (χ2v) is 26.8. The minimum atomic E-state index is -1.03. The molecule has 0 bridgehead atoms. The molecule has 4 saturated carbocycles. The first kappa shape index (κ1) is 61.1. The highest BCUT2D eigenvalue weighted by atomic mass is 35.5. The van der Waals surface area contributed by atoms with Crippen LogP contribution < -0.4 is 18.9 Å². The Labute approximate surface area is 505 Å². The van der Waals surface area contributed by atoms with Gasteiger partial charge in [0.2, 0.25) is 11.8 Å². The number of esters is 2. The zero-order valence-electron chi connectivity index (χ0n) is 48.4. The van der Waals surface area contributed by atoms with Gasteiger partial charge in [0, 0.05) is 81.9 Å². The quantitative estimate of drug-likeness (QED) is 0.0468. The summed E-state index contributed by atoms with van der Waals surface area (Å²) in [6, 6.07) is 17.7. The smallest absolute Gasteiger partial charge is 0.310 e. The van der Waals surface area contributed by atoms with Crippen molar-refractivity contribution in [2.45, 2.75) is 128 Å². The molecule has 20 heteroatoms. The maximum Gasteiger partial charge on any atom is 0.310 e. The van der Waals surface area contributed by atoms with Crippen LogP contribution in [0.15, 0.2) is 85.2 Å². The number of hydrogen-bond acceptors (Lipinski definition) is 14. The molecular formula is C66H68Cl2F4N2O12. The highest BCUT2D eigenvalue weighted by molar-refractivity contribution is 6.34. The summed E-state index contributed by atoms with van der Waals surface area (Å²) in [5.41, 5.74) is 2.31. The summed E-state index contributed by atoms with van der Waals surface area (Å²) in [5, 5.41) is 38.7. The van der Waals surface area contributed by atoms with E-state index in [-0.39, 0.29) is 118 Å². The van der Waals surface area contributed by atoms with Crippen molar-refractivity contribution in [2.75, 3.05) is 26.4 Å². The van der Waals surface area contributed by atoms with E-state index in [0.29, 0.717) is 73.3 Å². The van der Waals surface area contributed by atoms with Gasteiger partial charge in [0.25, 0.3) is 0 Å². The molecule has 86 heavy (non-hydrogen) atoms. The summed E-state index contributed by atoms with van der Waals surface area (Å²) >= 11 is 13.0. The molecule has 6 aliphatic carbocycles. The topological polar surface area (TPSA) is 196 Å². The molecular weight excluding hydrogens is 1160 g/mol. The Kier molecular flexibility index (Phi) is 16.7. The third kappa shape index (κ3) is 13.2. The molecule has 0 spiro atoms. The second-order valence-electron chi connectivity index (χ2n) is 26.0. The molecule has 2 aromatic heterocycles. The van der Waals surface area contributed by atoms with Gasteiger partial charge in [-0.3, -0.25) is 9.59 Å². The Balaban J connectivity index is 0.000000179. The van der Waals surface area contributed by atoms with Crippen LogP contribution in [0.1, 0.15) is 112 Å². The molecule has 6 aromatic rings. The van der Waals surface area contributed by atoms with E-state index in [1.54, 1.807) is 48.8 Å². The molecule has 0 amide bonds. The van der Waals surface area contributed by atoms with Crippen LogP contribution in [0.2, 0.25) is 10.0 Å². The van der Waals surface area contributed by atoms with Crippen LogP contribution in [0.4, 0.5) is 17.6 Å². The minimum Gasteiger partial charge on any atom is -0.493 e. The van der Waals surface area contributed by atoms with Crippen LogP contribution in [0, 0.1) is 58.8 Å². The zero-order chi connectivity index (χ0) is 61.4. The number of carbonyl (C=O) groups excluding carboxylic acids is 2. The number of halogens is 6. The van der Waals surface area contributed by atoms with E-state index in [1.165, 1.54) is 12.1 Å². The van der Waals surface area contributed by atoms with Crippen LogP contribution >= 0.6 is 23.2 Å². The number of ether oxygens (including phenoxy) is 6. The monoisotopic (exact) mass is 1230 g/mol. The van der Waals surface area contributed by atoms with Gasteiger partial charge in [-0.1, -0.05) is 23.2 Å². The molecule has 4 aromatic carbocycles. The number of aliphatic hydroxyl groups is 4. The fraction of sp³-hybridized carbons (Fsp3) is 0.455. The average molecular weight is 1230 g/mol. The van der Waals surface area contributed by atoms with Crippen LogP contribution in [0.25, 0.3) is 22.3 Å². The minimum absolute atomic E-state index is 0.106. The van der Waals surface area contributed by atoms with E-state index in [1.807, 2.05) is 53.7 Å². The van der Waals surface area contributed by atoms with Crippen LogP contribution in [-0.4, -0.2) is 91.2 Å². The number of benzene rings is 4. The van der Waals surface area contributed by atoms with E-state index in [9.17, 15) is 47.6 Å². The molecule has 0 radical (unpaired) electrons. The Hall–Kier alpha value is -6.54. The lowest BCUT2D eigenvalue weighted by Gasteiger charge is -2.42. The Bertz CT molecular complexity index is 3370. The first-order valence-electron chi connectivity index (χ1n) is 28.8. The summed E-state index contributed by atoms with van der Waals surface area (Å²) < 4.78 is 93.6. The van der Waals surface area contributed by atoms with Gasteiger partial charge in [0.15, 0.2) is 0 Å². The van der Waals surface area contributed by atoms with Crippen LogP contribution in [-0.2, 0) is 45.1 Å². The Morgan fingerprint density at radius 1 is 0.547 bits per heavy atom. The molecule has 0 saturated heterocycles. The van der Waals surface area contributed by atoms with Crippen LogP contribution in [0.3, 0.4) is 0 Å². The second kappa shape index (κ2) is 23.5. The summed E-state index contributed by atoms with van der Waals surface area (Å²) in [6.07, 6.45) is 6.70. The number of hydrogen-bond donors (Lipinski definition) is 4. The van der Waals surface area contributed by atoms with Gasteiger partial charge in [-0.15, -0.1) is 0 Å². The molecule has 6 aliphatic rings. The van der Waals surface area contributed by atoms with Crippen molar-refractivity contribution in [3.05, 3.63) is 152 Å². The summed E-state index contributed by atoms with van der Waals surface area (Å²) in [5.74, 6) is -1.20. The normalized spacial score (nSPS) is 25.4. The predicted molar refractivity (Wildman–Crippen MR) is 310 cm³/mol. The Morgan fingerprint density at radius 3 is 1.28 bits per heavy atom. The predicted octanol–water partition coefficient (Wildman–Crippen LogP) is 12.0. The van der Waals surface area contributed by atoms with Gasteiger partial charge in [-0.25, -0.2) is 27.5 Å². The van der Waals surface area contributed by atoms with E-state index < -0.39 is 45.7 Å². The van der Waals surface area contributed by atoms with Gasteiger partial charge in [-0.2, -0.15) is 0 Å². The number of aromatic nitrogens is 2. The third-order valence-electron chi connectivity index (χ3n) is 17.0. The average Bonchev–Trinajstić information content (AvgIpc) is 1.77. The molecule has 4 N–H and O–H groups in total. The molecule has 2 heterocycles. The van der Waals surface area contributed by atoms with Crippen molar-refractivity contribution in [2.24, 2.45) is 35.5 Å². The first-order chi connectivity index (χ1) is 40.7. The van der Waals surface area contributed by atoms with E-state index >= 15 is 0 Å². The fourth-order valence-corrected chi connectivity index (χ4v) is 13.3. The lowest BCUT2D eigenvalue weighted by molar-refractivity contribution is -0.158. The fourth-order valence-electron chi connectivity index (χ4n) is 12.8. The molecule has 14 nitrogen and oxygen atoms in total. The highest BCUT2D eigenvalue weighted by Gasteiger charge is 2.62. The molecule has 0 unspecified atom stereocenters. The lowest BCUT2D eigenvalue weighted by atomic mass is 9.72. The van der Waals surface area contributed by atoms with Gasteiger partial charge < -0.3 is 48.8 Å². The van der Waals surface area contributed by atoms with Gasteiger partial charge in [0.1, 0.15) is 59.2 Å². The third-order valence-corrected chi connectivity index (χ3v) is 17.7. The molecule has 6 atom stereocenters. The lowest BCUT2D eigenvalue weighted by Crippen LogP contribution is -2.48. The standard InChI is InChI=1S/2C33H34ClF2NO6/c2*1-32(2,3)43-31(39)30-23-6-18-8-28(37-13-24(18)29(23)30)42-15-19-7-22(27(36)10-26(19)35)21-5-4-20(9-25(21)34)41-14-17-11-33(40,12-17)16-38/h2*4-5,7-10,13,17,23,29-30,38,40H,6,11-12,14-16H2,1-3H3/t2*17?,23-,29-,30+,33?/m11/s1. The Morgan fingerprint density at radius 2 is 0.930 bits per heavy atom. The van der Waals surface area contributed by atoms with Crippen molar-refractivity contribution in [3.63, 3.8) is 0 Å². The number of aliphatic hydroxyl groups excluding tert-OH is 2. The van der Waals surface area contributed by atoms with Crippen molar-refractivity contribution in [3.8, 4) is 45.5 Å². The van der Waals surface area contributed by atoms with Crippen LogP contribution in [0.5, 0.6) is 23.3 Å². The van der Waals surface area contributed by atoms with E-state index in [2.05, 4.69) is 9.97 Å². The number of carbonyl (C=O) groups is 2. The van der Waals surface area contributed by atoms with Gasteiger partial charge >= 0.3 is 11.9 Å². The summed E-state index contributed by atoms with van der Waals surface area (Å²) in [7, 11) is 0. The highest BCUT2D eigenvalue weighted by Crippen LogP contribution is 2.63. The molecule has 12 rings (SSSR count). The van der Waals surface area contributed by atoms with Gasteiger partial charge in [-0.05, 0) is 175 Å². The van der Waals surface area contributed by atoms with Crippen molar-refractivity contribution in [1.29, 1.82) is 0 Å². The van der Waals surface area contributed by atoms with E-state index in [0.717, 1.165) is 47.2 Å². The van der Waals surface area contributed by atoms with Crippen molar-refractivity contribution >= 4 is 35.1 Å². The van der Waals surface area contributed by atoms with Crippen molar-refractivity contribution in [1.82, 2.24) is 9.97 Å². The maximum absolute atomic E-state index is 14.9. The number of fused-ring (bicyclic) bond motifs is 6. The zero-order valence-corrected chi connectivity index (χ0v) is 49.9. The SMILES string of the molecule is CC(C)(C)OC(=O)[C@H]1[C@@H]2Cc3cc(OCc4cc(-c5ccc(OCC6CC(O)(CO)C6)cc5Cl)c(F)cc4F)ncc3[C@@H]21.CC(C)(C)OC(=O)[C@H]1[C@@H]2Cc3cc(OCc4cc(-c5ccc(OCC6CC(O)(CO)C6)cc5Cl)c(F)cc4F)ncc3[C@@H]21. The molecule has 456 valence electrons. The summed E-state index contributed by atoms with van der Waals surface area (Å²) in [6.45, 7) is 11.0. The number of rotatable bonds is 18. The van der Waals surface area contributed by atoms with Crippen molar-refractivity contribution < 1.29 is 76.0 Å². The molecule has 0 aliphatic heterocycles. The molecule has 4 fully saturated rings. The number of pyridine rings is 2. The first-order valence-corrected chi connectivity index (χ1v) is 29.6. The summed E-state index contributed by atoms with van der Waals surface area (Å²) in [4.78, 5) is 33.8. The maximum atomic E-state index is 14.9.